The van der Waals surface area contributed by atoms with Crippen LogP contribution in [0.2, 0.25) is 5.15 Å². The first kappa shape index (κ1) is 15.8. The molecule has 21 heavy (non-hydrogen) atoms. The van der Waals surface area contributed by atoms with E-state index in [4.69, 9.17) is 11.6 Å². The van der Waals surface area contributed by atoms with Crippen LogP contribution in [0.15, 0.2) is 47.5 Å². The van der Waals surface area contributed by atoms with Crippen LogP contribution in [0, 0.1) is 0 Å². The summed E-state index contributed by atoms with van der Waals surface area (Å²) in [5.74, 6) is 0. The Morgan fingerprint density at radius 2 is 1.76 bits per heavy atom. The molecule has 1 heterocycles. The minimum Gasteiger partial charge on any atom is -0.245 e. The maximum Gasteiger partial charge on any atom is 0.501 e. The summed E-state index contributed by atoms with van der Waals surface area (Å²) in [6.45, 7) is 0. The molecule has 0 aliphatic carbocycles. The van der Waals surface area contributed by atoms with Gasteiger partial charge in [0.2, 0.25) is 0 Å². The highest BCUT2D eigenvalue weighted by molar-refractivity contribution is 7.92. The largest absolute Gasteiger partial charge is 0.501 e. The third-order valence-electron chi connectivity index (χ3n) is 2.71. The van der Waals surface area contributed by atoms with Gasteiger partial charge in [-0.15, -0.1) is 0 Å². The number of rotatable bonds is 3. The Labute approximate surface area is 124 Å². The highest BCUT2D eigenvalue weighted by Gasteiger charge is 2.46. The lowest BCUT2D eigenvalue weighted by molar-refractivity contribution is -0.0436. The highest BCUT2D eigenvalue weighted by Crippen LogP contribution is 2.30. The van der Waals surface area contributed by atoms with Gasteiger partial charge in [0, 0.05) is 6.20 Å². The molecule has 0 unspecified atom stereocenters. The second kappa shape index (κ2) is 5.65. The van der Waals surface area contributed by atoms with Crippen LogP contribution >= 0.6 is 11.6 Å². The molecular formula is C13H9ClF3NO2S. The summed E-state index contributed by atoms with van der Waals surface area (Å²) in [4.78, 5) is 3.02. The van der Waals surface area contributed by atoms with Gasteiger partial charge in [0.05, 0.1) is 4.90 Å². The third-order valence-corrected chi connectivity index (χ3v) is 4.40. The molecule has 1 aromatic heterocycles. The van der Waals surface area contributed by atoms with E-state index in [-0.39, 0.29) is 11.6 Å². The van der Waals surface area contributed by atoms with Gasteiger partial charge in [0.25, 0.3) is 9.84 Å². The van der Waals surface area contributed by atoms with Crippen molar-refractivity contribution in [3.8, 4) is 0 Å². The van der Waals surface area contributed by atoms with E-state index in [0.717, 1.165) is 17.7 Å². The SMILES string of the molecule is O=S(=O)(c1cccc(Cc2ccnc(Cl)c2)c1)C(F)(F)F. The van der Waals surface area contributed by atoms with Gasteiger partial charge in [-0.25, -0.2) is 13.4 Å². The fourth-order valence-corrected chi connectivity index (χ4v) is 2.77. The van der Waals surface area contributed by atoms with Crippen molar-refractivity contribution in [3.05, 3.63) is 58.9 Å². The lowest BCUT2D eigenvalue weighted by Gasteiger charge is -2.09. The number of hydrogen-bond donors (Lipinski definition) is 0. The molecule has 0 saturated heterocycles. The molecule has 0 atom stereocenters. The zero-order chi connectivity index (χ0) is 15.7. The number of hydrogen-bond acceptors (Lipinski definition) is 3. The average Bonchev–Trinajstić information content (AvgIpc) is 2.37. The Bertz CT molecular complexity index is 760. The second-order valence-electron chi connectivity index (χ2n) is 4.26. The minimum atomic E-state index is -5.34. The molecule has 0 aliphatic rings. The van der Waals surface area contributed by atoms with E-state index in [0.29, 0.717) is 5.56 Å². The molecule has 1 aromatic carbocycles. The monoisotopic (exact) mass is 335 g/mol. The van der Waals surface area contributed by atoms with Crippen LogP contribution in [-0.4, -0.2) is 18.9 Å². The first-order valence-electron chi connectivity index (χ1n) is 5.71. The molecular weight excluding hydrogens is 327 g/mol. The molecule has 0 radical (unpaired) electrons. The Balaban J connectivity index is 2.35. The first-order valence-corrected chi connectivity index (χ1v) is 7.57. The molecule has 0 bridgehead atoms. The minimum absolute atomic E-state index is 0.253. The molecule has 2 rings (SSSR count). The van der Waals surface area contributed by atoms with Crippen LogP contribution < -0.4 is 0 Å². The Morgan fingerprint density at radius 3 is 2.38 bits per heavy atom. The topological polar surface area (TPSA) is 47.0 Å². The van der Waals surface area contributed by atoms with Crippen molar-refractivity contribution in [3.63, 3.8) is 0 Å². The van der Waals surface area contributed by atoms with Crippen molar-refractivity contribution in [1.82, 2.24) is 4.98 Å². The predicted octanol–water partition coefficient (Wildman–Crippen LogP) is 3.62. The van der Waals surface area contributed by atoms with Crippen LogP contribution in [0.3, 0.4) is 0 Å². The number of halogens is 4. The van der Waals surface area contributed by atoms with E-state index in [1.165, 1.54) is 12.3 Å². The molecule has 0 amide bonds. The van der Waals surface area contributed by atoms with E-state index >= 15 is 0 Å². The van der Waals surface area contributed by atoms with Gasteiger partial charge < -0.3 is 0 Å². The summed E-state index contributed by atoms with van der Waals surface area (Å²) in [6.07, 6.45) is 1.72. The lowest BCUT2D eigenvalue weighted by atomic mass is 10.1. The van der Waals surface area contributed by atoms with Gasteiger partial charge in [-0.3, -0.25) is 0 Å². The quantitative estimate of drug-likeness (QED) is 0.805. The number of nitrogens with zero attached hydrogens (tertiary/aromatic N) is 1. The van der Waals surface area contributed by atoms with Crippen LogP contribution in [0.5, 0.6) is 0 Å². The lowest BCUT2D eigenvalue weighted by Crippen LogP contribution is -2.23. The van der Waals surface area contributed by atoms with Gasteiger partial charge in [-0.2, -0.15) is 13.2 Å². The van der Waals surface area contributed by atoms with Crippen molar-refractivity contribution in [2.24, 2.45) is 0 Å². The maximum absolute atomic E-state index is 12.5. The van der Waals surface area contributed by atoms with Crippen LogP contribution in [0.25, 0.3) is 0 Å². The van der Waals surface area contributed by atoms with E-state index in [1.807, 2.05) is 0 Å². The maximum atomic E-state index is 12.5. The van der Waals surface area contributed by atoms with Crippen LogP contribution in [-0.2, 0) is 16.3 Å². The molecule has 0 saturated carbocycles. The van der Waals surface area contributed by atoms with E-state index < -0.39 is 20.2 Å². The number of pyridine rings is 1. The van der Waals surface area contributed by atoms with Gasteiger partial charge in [0.1, 0.15) is 5.15 Å². The summed E-state index contributed by atoms with van der Waals surface area (Å²) in [5, 5.41) is 0.256. The molecule has 2 aromatic rings. The predicted molar refractivity (Wildman–Crippen MR) is 71.7 cm³/mol. The Morgan fingerprint density at radius 1 is 1.10 bits per heavy atom. The van der Waals surface area contributed by atoms with Crippen LogP contribution in [0.1, 0.15) is 11.1 Å². The Hall–Kier alpha value is -1.60. The van der Waals surface area contributed by atoms with Gasteiger partial charge in [-0.05, 0) is 41.8 Å². The Kier molecular flexibility index (Phi) is 4.25. The van der Waals surface area contributed by atoms with Gasteiger partial charge in [-0.1, -0.05) is 23.7 Å². The van der Waals surface area contributed by atoms with Crippen molar-refractivity contribution in [2.45, 2.75) is 16.8 Å². The molecule has 112 valence electrons. The molecule has 0 aliphatic heterocycles. The molecule has 0 fully saturated rings. The van der Waals surface area contributed by atoms with E-state index in [1.54, 1.807) is 18.2 Å². The fraction of sp³-hybridized carbons (Fsp3) is 0.154. The number of sulfone groups is 1. The smallest absolute Gasteiger partial charge is 0.245 e. The zero-order valence-corrected chi connectivity index (χ0v) is 12.0. The van der Waals surface area contributed by atoms with Crippen molar-refractivity contribution in [2.75, 3.05) is 0 Å². The second-order valence-corrected chi connectivity index (χ2v) is 6.59. The standard InChI is InChI=1S/C13H9ClF3NO2S/c14-12-8-10(4-5-18-12)6-9-2-1-3-11(7-9)21(19,20)13(15,16)17/h1-5,7-8H,6H2. The molecule has 3 nitrogen and oxygen atoms in total. The highest BCUT2D eigenvalue weighted by atomic mass is 35.5. The summed E-state index contributed by atoms with van der Waals surface area (Å²) < 4.78 is 60.3. The summed E-state index contributed by atoms with van der Waals surface area (Å²) in [6, 6.07) is 7.97. The fourth-order valence-electron chi connectivity index (χ4n) is 1.74. The third kappa shape index (κ3) is 3.54. The van der Waals surface area contributed by atoms with Gasteiger partial charge >= 0.3 is 5.51 Å². The number of aromatic nitrogens is 1. The molecule has 0 spiro atoms. The molecule has 0 N–H and O–H groups in total. The average molecular weight is 336 g/mol. The molecule has 8 heteroatoms. The van der Waals surface area contributed by atoms with Gasteiger partial charge in [0.15, 0.2) is 0 Å². The first-order chi connectivity index (χ1) is 9.70. The van der Waals surface area contributed by atoms with E-state index in [2.05, 4.69) is 4.98 Å². The summed E-state index contributed by atoms with van der Waals surface area (Å²) >= 11 is 5.72. The zero-order valence-electron chi connectivity index (χ0n) is 10.4. The van der Waals surface area contributed by atoms with Crippen molar-refractivity contribution in [1.29, 1.82) is 0 Å². The number of alkyl halides is 3. The van der Waals surface area contributed by atoms with Crippen molar-refractivity contribution >= 4 is 21.4 Å². The summed E-state index contributed by atoms with van der Waals surface area (Å²) in [5.41, 5.74) is -4.16. The van der Waals surface area contributed by atoms with E-state index in [9.17, 15) is 21.6 Å². The summed E-state index contributed by atoms with van der Waals surface area (Å²) in [7, 11) is -5.34. The number of benzene rings is 1. The normalized spacial score (nSPS) is 12.4. The van der Waals surface area contributed by atoms with Crippen LogP contribution in [0.4, 0.5) is 13.2 Å². The van der Waals surface area contributed by atoms with Crippen molar-refractivity contribution < 1.29 is 21.6 Å².